The fourth-order valence-electron chi connectivity index (χ4n) is 3.79. The molecule has 0 saturated carbocycles. The van der Waals surface area contributed by atoms with Crippen LogP contribution in [-0.4, -0.2) is 63.0 Å². The number of hydrogen-bond donors (Lipinski definition) is 1. The molecule has 0 radical (unpaired) electrons. The Morgan fingerprint density at radius 3 is 2.55 bits per heavy atom. The van der Waals surface area contributed by atoms with Gasteiger partial charge in [0.2, 0.25) is 7.37 Å². The molecule has 3 aromatic rings. The molecule has 4 rings (SSSR count). The highest BCUT2D eigenvalue weighted by Crippen LogP contribution is 2.43. The fraction of sp³-hybridized carbons (Fsp3) is 0.360. The molecule has 204 valence electrons. The Morgan fingerprint density at radius 2 is 1.89 bits per heavy atom. The van der Waals surface area contributed by atoms with E-state index in [9.17, 15) is 17.8 Å². The molecule has 13 heteroatoms. The van der Waals surface area contributed by atoms with E-state index >= 15 is 0 Å². The molecule has 1 aliphatic heterocycles. The van der Waals surface area contributed by atoms with E-state index in [4.69, 9.17) is 18.7 Å². The second kappa shape index (κ2) is 11.7. The van der Waals surface area contributed by atoms with Gasteiger partial charge in [-0.2, -0.15) is 5.10 Å². The maximum Gasteiger partial charge on any atom is 0.257 e. The minimum atomic E-state index is -3.34. The normalized spacial score (nSPS) is 17.1. The summed E-state index contributed by atoms with van der Waals surface area (Å²) in [5.74, 6) is 0.964. The summed E-state index contributed by atoms with van der Waals surface area (Å²) in [7, 11) is -6.20. The van der Waals surface area contributed by atoms with E-state index in [1.165, 1.54) is 35.6 Å². The highest BCUT2D eigenvalue weighted by atomic mass is 32.2. The zero-order valence-corrected chi connectivity index (χ0v) is 23.0. The maximum absolute atomic E-state index is 13.1. The van der Waals surface area contributed by atoms with Crippen molar-refractivity contribution in [1.29, 1.82) is 0 Å². The Balaban J connectivity index is 1.54. The molecule has 38 heavy (non-hydrogen) atoms. The molecule has 0 aliphatic carbocycles. The molecule has 1 aliphatic rings. The van der Waals surface area contributed by atoms with Crippen LogP contribution < -0.4 is 14.8 Å². The highest BCUT2D eigenvalue weighted by Gasteiger charge is 2.20. The van der Waals surface area contributed by atoms with Crippen molar-refractivity contribution in [3.05, 3.63) is 60.3 Å². The molecule has 1 N–H and O–H groups in total. The molecular formula is C25H30N3O8PS. The molecule has 2 aromatic carbocycles. The van der Waals surface area contributed by atoms with Gasteiger partial charge in [-0.15, -0.1) is 0 Å². The summed E-state index contributed by atoms with van der Waals surface area (Å²) in [5, 5.41) is 7.00. The lowest BCUT2D eigenvalue weighted by Crippen LogP contribution is -2.17. The molecule has 0 spiro atoms. The van der Waals surface area contributed by atoms with Gasteiger partial charge >= 0.3 is 0 Å². The molecule has 1 amide bonds. The van der Waals surface area contributed by atoms with Crippen LogP contribution >= 0.6 is 7.37 Å². The third-order valence-electron chi connectivity index (χ3n) is 5.51. The minimum Gasteiger partial charge on any atom is -0.488 e. The van der Waals surface area contributed by atoms with Gasteiger partial charge in [-0.3, -0.25) is 14.0 Å². The van der Waals surface area contributed by atoms with Gasteiger partial charge in [-0.25, -0.2) is 8.42 Å². The van der Waals surface area contributed by atoms with Crippen LogP contribution in [0.4, 0.5) is 5.82 Å². The van der Waals surface area contributed by atoms with Crippen LogP contribution in [0.2, 0.25) is 0 Å². The Kier molecular flexibility index (Phi) is 8.57. The molecule has 11 nitrogen and oxygen atoms in total. The van der Waals surface area contributed by atoms with E-state index in [0.717, 1.165) is 12.7 Å². The van der Waals surface area contributed by atoms with Crippen molar-refractivity contribution in [3.63, 3.8) is 0 Å². The van der Waals surface area contributed by atoms with Crippen molar-refractivity contribution in [2.75, 3.05) is 38.1 Å². The standard InChI is InChI=1S/C25H30N3O8PS/c1-4-34-37(2,30)17-28-11-9-24(27-28)26-25(29)18-13-21(15-22(14-18)36-20-10-12-33-16-20)35-19-5-7-23(8-6-19)38(3,31)32/h5-9,11,13-15,20H,4,10,12,16-17H2,1-3H3,(H,26,27,29)/t20-,37-/m0/s1. The van der Waals surface area contributed by atoms with Crippen LogP contribution in [0.1, 0.15) is 23.7 Å². The Labute approximate surface area is 221 Å². The lowest BCUT2D eigenvalue weighted by atomic mass is 10.1. The van der Waals surface area contributed by atoms with Gasteiger partial charge in [0.1, 0.15) is 29.6 Å². The number of carbonyl (C=O) groups excluding carboxylic acids is 1. The van der Waals surface area contributed by atoms with Gasteiger partial charge in [0, 0.05) is 43.2 Å². The van der Waals surface area contributed by atoms with Crippen molar-refractivity contribution < 1.29 is 36.5 Å². The molecule has 1 fully saturated rings. The van der Waals surface area contributed by atoms with E-state index in [2.05, 4.69) is 10.4 Å². The Morgan fingerprint density at radius 1 is 1.16 bits per heavy atom. The molecule has 0 unspecified atom stereocenters. The topological polar surface area (TPSA) is 135 Å². The first kappa shape index (κ1) is 27.8. The molecule has 1 aromatic heterocycles. The molecule has 2 atom stereocenters. The van der Waals surface area contributed by atoms with E-state index in [-0.39, 0.29) is 28.7 Å². The number of carbonyl (C=O) groups is 1. The number of sulfone groups is 1. The third-order valence-corrected chi connectivity index (χ3v) is 8.24. The smallest absolute Gasteiger partial charge is 0.257 e. The first-order valence-electron chi connectivity index (χ1n) is 11.9. The van der Waals surface area contributed by atoms with Crippen LogP contribution in [0.5, 0.6) is 17.2 Å². The van der Waals surface area contributed by atoms with Crippen molar-refractivity contribution in [2.45, 2.75) is 30.6 Å². The number of rotatable bonds is 11. The van der Waals surface area contributed by atoms with Crippen molar-refractivity contribution in [1.82, 2.24) is 9.78 Å². The molecule has 1 saturated heterocycles. The van der Waals surface area contributed by atoms with Crippen LogP contribution in [0.3, 0.4) is 0 Å². The molecule has 0 bridgehead atoms. The van der Waals surface area contributed by atoms with E-state index in [1.807, 2.05) is 0 Å². The number of ether oxygens (including phenoxy) is 3. The van der Waals surface area contributed by atoms with Crippen molar-refractivity contribution in [3.8, 4) is 17.2 Å². The lowest BCUT2D eigenvalue weighted by molar-refractivity contribution is 0.102. The van der Waals surface area contributed by atoms with Crippen LogP contribution in [0.25, 0.3) is 0 Å². The predicted octanol–water partition coefficient (Wildman–Crippen LogP) is 4.40. The van der Waals surface area contributed by atoms with Gasteiger partial charge in [-0.1, -0.05) is 0 Å². The monoisotopic (exact) mass is 563 g/mol. The number of nitrogens with one attached hydrogen (secondary N) is 1. The third kappa shape index (κ3) is 7.67. The van der Waals surface area contributed by atoms with Gasteiger partial charge in [0.05, 0.1) is 24.7 Å². The average molecular weight is 564 g/mol. The summed E-state index contributed by atoms with van der Waals surface area (Å²) in [4.78, 5) is 13.3. The zero-order valence-electron chi connectivity index (χ0n) is 21.3. The predicted molar refractivity (Wildman–Crippen MR) is 141 cm³/mol. The first-order chi connectivity index (χ1) is 18.0. The summed E-state index contributed by atoms with van der Waals surface area (Å²) >= 11 is 0. The second-order valence-electron chi connectivity index (χ2n) is 8.91. The zero-order chi connectivity index (χ0) is 27.3. The first-order valence-corrected chi connectivity index (χ1v) is 16.1. The van der Waals surface area contributed by atoms with E-state index in [1.54, 1.807) is 37.4 Å². The summed E-state index contributed by atoms with van der Waals surface area (Å²) < 4.78 is 60.0. The van der Waals surface area contributed by atoms with Crippen molar-refractivity contribution >= 4 is 28.9 Å². The number of hydrogen-bond acceptors (Lipinski definition) is 9. The summed E-state index contributed by atoms with van der Waals surface area (Å²) in [6.07, 6.45) is 3.39. The van der Waals surface area contributed by atoms with Crippen molar-refractivity contribution in [2.24, 2.45) is 0 Å². The molecule has 2 heterocycles. The lowest BCUT2D eigenvalue weighted by Gasteiger charge is -2.15. The average Bonchev–Trinajstić information content (AvgIpc) is 3.50. The Bertz CT molecular complexity index is 1430. The van der Waals surface area contributed by atoms with E-state index < -0.39 is 23.1 Å². The van der Waals surface area contributed by atoms with E-state index in [0.29, 0.717) is 37.1 Å². The SMILES string of the molecule is CCO[P@](C)(=O)Cn1ccc(NC(=O)c2cc(Oc3ccc(S(C)(=O)=O)cc3)cc(O[C@H]3CCOC3)c2)n1. The highest BCUT2D eigenvalue weighted by molar-refractivity contribution is 7.90. The minimum absolute atomic E-state index is 0.0829. The number of anilines is 1. The summed E-state index contributed by atoms with van der Waals surface area (Å²) in [5.41, 5.74) is 0.259. The molecular weight excluding hydrogens is 533 g/mol. The summed E-state index contributed by atoms with van der Waals surface area (Å²) in [6.45, 7) is 4.67. The number of amides is 1. The Hall–Kier alpha value is -3.18. The number of aromatic nitrogens is 2. The second-order valence-corrected chi connectivity index (χ2v) is 13.5. The fourth-order valence-corrected chi connectivity index (χ4v) is 5.73. The van der Waals surface area contributed by atoms with Gasteiger partial charge in [-0.05, 0) is 43.3 Å². The largest absolute Gasteiger partial charge is 0.488 e. The number of nitrogens with zero attached hydrogens (tertiary/aromatic N) is 2. The number of benzene rings is 2. The maximum atomic E-state index is 13.1. The van der Waals surface area contributed by atoms with Gasteiger partial charge in [0.15, 0.2) is 15.7 Å². The quantitative estimate of drug-likeness (QED) is 0.337. The van der Waals surface area contributed by atoms with Crippen LogP contribution in [0.15, 0.2) is 59.6 Å². The van der Waals surface area contributed by atoms with Gasteiger partial charge in [0.25, 0.3) is 5.91 Å². The van der Waals surface area contributed by atoms with Gasteiger partial charge < -0.3 is 24.1 Å². The van der Waals surface area contributed by atoms with Crippen LogP contribution in [-0.2, 0) is 29.9 Å². The summed E-state index contributed by atoms with van der Waals surface area (Å²) in [6, 6.07) is 12.4. The van der Waals surface area contributed by atoms with Crippen LogP contribution in [0, 0.1) is 0 Å².